The Bertz CT molecular complexity index is 431. The van der Waals surface area contributed by atoms with E-state index in [4.69, 9.17) is 5.11 Å². The average Bonchev–Trinajstić information content (AvgIpc) is 2.70. The standard InChI is InChI=1S/C26H48O4/c1-2-3-4-5-6-7-8-9-10-11-12-13-14-15-16-19-24(27)20-17-21-25(28)22-18-23-26(29)30/h2-23H2,1H3,(H,29,30). The highest BCUT2D eigenvalue weighted by Crippen LogP contribution is 2.14. The molecule has 4 nitrogen and oxygen atoms in total. The lowest BCUT2D eigenvalue weighted by Gasteiger charge is -2.04. The number of hydrogen-bond donors (Lipinski definition) is 1. The van der Waals surface area contributed by atoms with E-state index in [9.17, 15) is 14.4 Å². The second-order valence-corrected chi connectivity index (χ2v) is 8.88. The quantitative estimate of drug-likeness (QED) is 0.160. The highest BCUT2D eigenvalue weighted by Gasteiger charge is 2.07. The van der Waals surface area contributed by atoms with E-state index in [1.165, 1.54) is 83.5 Å². The largest absolute Gasteiger partial charge is 0.481 e. The molecule has 0 fully saturated rings. The molecule has 0 atom stereocenters. The summed E-state index contributed by atoms with van der Waals surface area (Å²) in [7, 11) is 0. The van der Waals surface area contributed by atoms with E-state index in [2.05, 4.69) is 6.92 Å². The van der Waals surface area contributed by atoms with Crippen molar-refractivity contribution >= 4 is 17.5 Å². The van der Waals surface area contributed by atoms with Gasteiger partial charge in [0.05, 0.1) is 0 Å². The summed E-state index contributed by atoms with van der Waals surface area (Å²) >= 11 is 0. The number of carboxylic acid groups (broad SMARTS) is 1. The number of aliphatic carboxylic acids is 1. The van der Waals surface area contributed by atoms with Crippen LogP contribution in [0.4, 0.5) is 0 Å². The van der Waals surface area contributed by atoms with Crippen LogP contribution in [0, 0.1) is 0 Å². The molecule has 0 heterocycles. The minimum absolute atomic E-state index is 0.0455. The summed E-state index contributed by atoms with van der Waals surface area (Å²) < 4.78 is 0. The summed E-state index contributed by atoms with van der Waals surface area (Å²) in [5.74, 6) is -0.513. The lowest BCUT2D eigenvalue weighted by atomic mass is 10.0. The van der Waals surface area contributed by atoms with Crippen molar-refractivity contribution < 1.29 is 19.5 Å². The van der Waals surface area contributed by atoms with Gasteiger partial charge in [0.1, 0.15) is 11.6 Å². The predicted octanol–water partition coefficient (Wildman–Crippen LogP) is 7.81. The van der Waals surface area contributed by atoms with Crippen molar-refractivity contribution in [3.63, 3.8) is 0 Å². The van der Waals surface area contributed by atoms with Crippen molar-refractivity contribution in [1.82, 2.24) is 0 Å². The minimum atomic E-state index is -0.860. The molecule has 176 valence electrons. The van der Waals surface area contributed by atoms with E-state index in [-0.39, 0.29) is 18.0 Å². The molecule has 0 spiro atoms. The molecule has 0 aliphatic carbocycles. The first kappa shape index (κ1) is 28.8. The molecule has 0 bridgehead atoms. The van der Waals surface area contributed by atoms with Crippen LogP contribution in [0.2, 0.25) is 0 Å². The molecule has 0 aliphatic heterocycles. The van der Waals surface area contributed by atoms with Gasteiger partial charge in [0, 0.05) is 32.1 Å². The lowest BCUT2D eigenvalue weighted by Crippen LogP contribution is -2.03. The Morgan fingerprint density at radius 2 is 0.733 bits per heavy atom. The Hall–Kier alpha value is -1.19. The Balaban J connectivity index is 3.26. The highest BCUT2D eigenvalue weighted by atomic mass is 16.4. The molecule has 1 N–H and O–H groups in total. The topological polar surface area (TPSA) is 71.4 Å². The van der Waals surface area contributed by atoms with Crippen molar-refractivity contribution in [3.05, 3.63) is 0 Å². The Labute approximate surface area is 185 Å². The normalized spacial score (nSPS) is 11.0. The zero-order chi connectivity index (χ0) is 22.3. The maximum Gasteiger partial charge on any atom is 0.303 e. The van der Waals surface area contributed by atoms with E-state index < -0.39 is 5.97 Å². The van der Waals surface area contributed by atoms with Crippen LogP contribution < -0.4 is 0 Å². The first-order valence-corrected chi connectivity index (χ1v) is 12.8. The summed E-state index contributed by atoms with van der Waals surface area (Å²) in [6, 6.07) is 0. The number of unbranched alkanes of at least 4 members (excludes halogenated alkanes) is 14. The maximum atomic E-state index is 11.9. The van der Waals surface area contributed by atoms with Gasteiger partial charge in [0.25, 0.3) is 0 Å². The van der Waals surface area contributed by atoms with Gasteiger partial charge < -0.3 is 5.11 Å². The van der Waals surface area contributed by atoms with Crippen molar-refractivity contribution in [2.75, 3.05) is 0 Å². The molecule has 0 saturated heterocycles. The van der Waals surface area contributed by atoms with Crippen LogP contribution in [0.25, 0.3) is 0 Å². The first-order valence-electron chi connectivity index (χ1n) is 12.8. The van der Waals surface area contributed by atoms with Gasteiger partial charge in [-0.2, -0.15) is 0 Å². The molecular weight excluding hydrogens is 376 g/mol. The van der Waals surface area contributed by atoms with E-state index in [1.807, 2.05) is 0 Å². The van der Waals surface area contributed by atoms with Crippen LogP contribution in [-0.4, -0.2) is 22.6 Å². The number of carbonyl (C=O) groups excluding carboxylic acids is 2. The molecule has 0 rings (SSSR count). The summed E-state index contributed by atoms with van der Waals surface area (Å²) in [5.41, 5.74) is 0. The predicted molar refractivity (Wildman–Crippen MR) is 125 cm³/mol. The third-order valence-corrected chi connectivity index (χ3v) is 5.82. The van der Waals surface area contributed by atoms with E-state index in [0.717, 1.165) is 12.8 Å². The van der Waals surface area contributed by atoms with Crippen LogP contribution in [0.15, 0.2) is 0 Å². The molecule has 0 aromatic rings. The summed E-state index contributed by atoms with van der Waals surface area (Å²) in [4.78, 5) is 33.9. The molecule has 0 radical (unpaired) electrons. The molecule has 0 unspecified atom stereocenters. The molecule has 0 saturated carbocycles. The Kier molecular flexibility index (Phi) is 21.6. The van der Waals surface area contributed by atoms with Crippen LogP contribution in [0.3, 0.4) is 0 Å². The number of carboxylic acids is 1. The molecule has 0 aromatic heterocycles. The average molecular weight is 425 g/mol. The second kappa shape index (κ2) is 22.5. The lowest BCUT2D eigenvalue weighted by molar-refractivity contribution is -0.137. The summed E-state index contributed by atoms with van der Waals surface area (Å²) in [6.45, 7) is 2.27. The van der Waals surface area contributed by atoms with E-state index in [1.54, 1.807) is 0 Å². The zero-order valence-electron chi connectivity index (χ0n) is 19.7. The van der Waals surface area contributed by atoms with Gasteiger partial charge in [0.15, 0.2) is 0 Å². The van der Waals surface area contributed by atoms with Crippen LogP contribution in [0.1, 0.15) is 148 Å². The number of hydrogen-bond acceptors (Lipinski definition) is 3. The van der Waals surface area contributed by atoms with Crippen molar-refractivity contribution in [2.24, 2.45) is 0 Å². The fourth-order valence-corrected chi connectivity index (χ4v) is 3.86. The van der Waals surface area contributed by atoms with Gasteiger partial charge in [-0.15, -0.1) is 0 Å². The van der Waals surface area contributed by atoms with Crippen molar-refractivity contribution in [2.45, 2.75) is 148 Å². The monoisotopic (exact) mass is 424 g/mol. The van der Waals surface area contributed by atoms with Gasteiger partial charge >= 0.3 is 5.97 Å². The van der Waals surface area contributed by atoms with E-state index in [0.29, 0.717) is 38.5 Å². The fourth-order valence-electron chi connectivity index (χ4n) is 3.86. The minimum Gasteiger partial charge on any atom is -0.481 e. The molecule has 0 aliphatic rings. The molecule has 4 heteroatoms. The number of carbonyl (C=O) groups is 3. The van der Waals surface area contributed by atoms with Crippen LogP contribution in [0.5, 0.6) is 0 Å². The maximum absolute atomic E-state index is 11.9. The number of ketones is 2. The van der Waals surface area contributed by atoms with Gasteiger partial charge in [-0.25, -0.2) is 0 Å². The fraction of sp³-hybridized carbons (Fsp3) is 0.885. The highest BCUT2D eigenvalue weighted by molar-refractivity contribution is 5.81. The summed E-state index contributed by atoms with van der Waals surface area (Å²) in [5, 5.41) is 8.55. The van der Waals surface area contributed by atoms with Crippen molar-refractivity contribution in [1.29, 1.82) is 0 Å². The molecule has 30 heavy (non-hydrogen) atoms. The first-order chi connectivity index (χ1) is 14.6. The third-order valence-electron chi connectivity index (χ3n) is 5.82. The molecular formula is C26H48O4. The SMILES string of the molecule is CCCCCCCCCCCCCCCCCC(=O)CCCC(=O)CCCC(=O)O. The van der Waals surface area contributed by atoms with Gasteiger partial charge in [-0.05, 0) is 19.3 Å². The third kappa shape index (κ3) is 23.1. The number of Topliss-reactive ketones (excluding diaryl/α,β-unsaturated/α-hetero) is 2. The zero-order valence-corrected chi connectivity index (χ0v) is 19.7. The number of rotatable bonds is 24. The van der Waals surface area contributed by atoms with Crippen molar-refractivity contribution in [3.8, 4) is 0 Å². The van der Waals surface area contributed by atoms with Gasteiger partial charge in [-0.3, -0.25) is 14.4 Å². The van der Waals surface area contributed by atoms with Gasteiger partial charge in [-0.1, -0.05) is 96.8 Å². The van der Waals surface area contributed by atoms with Crippen LogP contribution in [-0.2, 0) is 14.4 Å². The molecule has 0 aromatic carbocycles. The molecule has 0 amide bonds. The van der Waals surface area contributed by atoms with Gasteiger partial charge in [0.2, 0.25) is 0 Å². The van der Waals surface area contributed by atoms with Crippen LogP contribution >= 0.6 is 0 Å². The van der Waals surface area contributed by atoms with E-state index >= 15 is 0 Å². The Morgan fingerprint density at radius 1 is 0.433 bits per heavy atom. The summed E-state index contributed by atoms with van der Waals surface area (Å²) in [6.07, 6.45) is 22.8. The Morgan fingerprint density at radius 3 is 1.10 bits per heavy atom. The smallest absolute Gasteiger partial charge is 0.303 e. The second-order valence-electron chi connectivity index (χ2n) is 8.88.